The van der Waals surface area contributed by atoms with Crippen molar-refractivity contribution in [2.45, 2.75) is 27.2 Å². The molecule has 1 N–H and O–H groups in total. The van der Waals surface area contributed by atoms with Gasteiger partial charge in [-0.15, -0.1) is 0 Å². The molecule has 0 saturated heterocycles. The lowest BCUT2D eigenvalue weighted by Gasteiger charge is -2.13. The summed E-state index contributed by atoms with van der Waals surface area (Å²) in [7, 11) is 0.188. The lowest BCUT2D eigenvalue weighted by atomic mass is 10.5. The van der Waals surface area contributed by atoms with Crippen LogP contribution in [0.3, 0.4) is 0 Å². The van der Waals surface area contributed by atoms with Crippen molar-refractivity contribution < 1.29 is 0 Å². The fraction of sp³-hybridized carbons (Fsp3) is 1.00. The zero-order valence-corrected chi connectivity index (χ0v) is 7.67. The molecular weight excluding hydrogens is 129 g/mol. The lowest BCUT2D eigenvalue weighted by Crippen LogP contribution is -2.09. The molecule has 0 aliphatic carbocycles. The summed E-state index contributed by atoms with van der Waals surface area (Å²) in [6.07, 6.45) is 3.91. The van der Waals surface area contributed by atoms with Gasteiger partial charge in [-0.3, -0.25) is 5.09 Å². The third-order valence-corrected chi connectivity index (χ3v) is 3.55. The third-order valence-electron chi connectivity index (χ3n) is 1.35. The number of rotatable bonds is 5. The van der Waals surface area contributed by atoms with E-state index in [1.807, 2.05) is 0 Å². The van der Waals surface area contributed by atoms with Crippen molar-refractivity contribution in [1.29, 1.82) is 0 Å². The summed E-state index contributed by atoms with van der Waals surface area (Å²) >= 11 is 0. The van der Waals surface area contributed by atoms with Crippen LogP contribution < -0.4 is 5.09 Å². The number of hydrogen-bond acceptors (Lipinski definition) is 1. The Balaban J connectivity index is 3.09. The molecule has 0 bridgehead atoms. The fourth-order valence-corrected chi connectivity index (χ4v) is 2.15. The second-order valence-electron chi connectivity index (χ2n) is 2.08. The van der Waals surface area contributed by atoms with Crippen LogP contribution in [0, 0.1) is 0 Å². The Morgan fingerprint density at radius 1 is 1.11 bits per heavy atom. The van der Waals surface area contributed by atoms with Gasteiger partial charge in [0.05, 0.1) is 0 Å². The first-order valence-electron chi connectivity index (χ1n) is 3.83. The predicted molar refractivity (Wildman–Crippen MR) is 46.3 cm³/mol. The van der Waals surface area contributed by atoms with E-state index < -0.39 is 0 Å². The molecule has 2 heteroatoms. The minimum atomic E-state index is 0.188. The Hall–Kier alpha value is 0.390. The van der Waals surface area contributed by atoms with E-state index in [0.717, 1.165) is 0 Å². The van der Waals surface area contributed by atoms with Crippen LogP contribution in [0.2, 0.25) is 0 Å². The average Bonchev–Trinajstić information content (AvgIpc) is 1.91. The topological polar surface area (TPSA) is 12.0 Å². The summed E-state index contributed by atoms with van der Waals surface area (Å²) in [6.45, 7) is 7.94. The molecule has 56 valence electrons. The molecule has 0 aromatic heterocycles. The molecule has 0 saturated carbocycles. The minimum absolute atomic E-state index is 0.188. The van der Waals surface area contributed by atoms with Crippen LogP contribution in [0.25, 0.3) is 0 Å². The van der Waals surface area contributed by atoms with Gasteiger partial charge in [0, 0.05) is 0 Å². The van der Waals surface area contributed by atoms with Crippen molar-refractivity contribution in [3.63, 3.8) is 0 Å². The molecule has 0 aliphatic rings. The van der Waals surface area contributed by atoms with Gasteiger partial charge in [-0.1, -0.05) is 20.8 Å². The van der Waals surface area contributed by atoms with Crippen molar-refractivity contribution in [3.8, 4) is 0 Å². The van der Waals surface area contributed by atoms with Crippen LogP contribution in [0.4, 0.5) is 0 Å². The SMILES string of the molecule is CCCNP(CC)CC. The second kappa shape index (κ2) is 6.51. The summed E-state index contributed by atoms with van der Waals surface area (Å²) in [5.74, 6) is 0. The Kier molecular flexibility index (Phi) is 6.79. The first-order chi connectivity index (χ1) is 4.35. The third kappa shape index (κ3) is 4.87. The zero-order chi connectivity index (χ0) is 7.11. The van der Waals surface area contributed by atoms with Gasteiger partial charge in [0.25, 0.3) is 0 Å². The standard InChI is InChI=1S/C7H18NP/c1-4-7-8-9(5-2)6-3/h8H,4-7H2,1-3H3. The van der Waals surface area contributed by atoms with E-state index in [0.29, 0.717) is 0 Å². The molecule has 0 unspecified atom stereocenters. The van der Waals surface area contributed by atoms with Crippen LogP contribution >= 0.6 is 8.07 Å². The molecule has 0 aromatic carbocycles. The summed E-state index contributed by atoms with van der Waals surface area (Å²) in [4.78, 5) is 0. The maximum Gasteiger partial charge on any atom is -0.00126 e. The van der Waals surface area contributed by atoms with Gasteiger partial charge < -0.3 is 0 Å². The van der Waals surface area contributed by atoms with E-state index in [9.17, 15) is 0 Å². The van der Waals surface area contributed by atoms with E-state index in [1.54, 1.807) is 0 Å². The highest BCUT2D eigenvalue weighted by atomic mass is 31.1. The molecule has 9 heavy (non-hydrogen) atoms. The van der Waals surface area contributed by atoms with Crippen molar-refractivity contribution in [1.82, 2.24) is 5.09 Å². The first-order valence-corrected chi connectivity index (χ1v) is 5.54. The first kappa shape index (κ1) is 9.39. The highest BCUT2D eigenvalue weighted by molar-refractivity contribution is 7.55. The molecule has 0 spiro atoms. The normalized spacial score (nSPS) is 10.7. The van der Waals surface area contributed by atoms with E-state index in [1.165, 1.54) is 25.3 Å². The molecule has 0 aromatic rings. The van der Waals surface area contributed by atoms with Crippen molar-refractivity contribution in [2.75, 3.05) is 18.9 Å². The van der Waals surface area contributed by atoms with Gasteiger partial charge in [-0.05, 0) is 33.4 Å². The van der Waals surface area contributed by atoms with Crippen molar-refractivity contribution in [3.05, 3.63) is 0 Å². The van der Waals surface area contributed by atoms with Crippen LogP contribution in [-0.2, 0) is 0 Å². The van der Waals surface area contributed by atoms with Crippen LogP contribution in [0.15, 0.2) is 0 Å². The Bertz CT molecular complexity index is 52.9. The highest BCUT2D eigenvalue weighted by Gasteiger charge is 1.97. The van der Waals surface area contributed by atoms with E-state index in [2.05, 4.69) is 25.9 Å². The Morgan fingerprint density at radius 3 is 2.00 bits per heavy atom. The molecular formula is C7H18NP. The van der Waals surface area contributed by atoms with Crippen LogP contribution in [-0.4, -0.2) is 18.9 Å². The van der Waals surface area contributed by atoms with Gasteiger partial charge in [0.2, 0.25) is 0 Å². The van der Waals surface area contributed by atoms with E-state index >= 15 is 0 Å². The summed E-state index contributed by atoms with van der Waals surface area (Å²) in [5.41, 5.74) is 0. The molecule has 1 nitrogen and oxygen atoms in total. The summed E-state index contributed by atoms with van der Waals surface area (Å²) in [5, 5.41) is 3.53. The molecule has 0 radical (unpaired) electrons. The Labute approximate surface area is 60.0 Å². The van der Waals surface area contributed by atoms with Gasteiger partial charge in [-0.2, -0.15) is 0 Å². The predicted octanol–water partition coefficient (Wildman–Crippen LogP) is 2.42. The fourth-order valence-electron chi connectivity index (χ4n) is 0.717. The van der Waals surface area contributed by atoms with Gasteiger partial charge in [-0.25, -0.2) is 0 Å². The molecule has 0 aliphatic heterocycles. The van der Waals surface area contributed by atoms with Crippen LogP contribution in [0.1, 0.15) is 27.2 Å². The van der Waals surface area contributed by atoms with Crippen LogP contribution in [0.5, 0.6) is 0 Å². The maximum absolute atomic E-state index is 3.53. The highest BCUT2D eigenvalue weighted by Crippen LogP contribution is 2.27. The summed E-state index contributed by atoms with van der Waals surface area (Å²) in [6, 6.07) is 0. The quantitative estimate of drug-likeness (QED) is 0.589. The minimum Gasteiger partial charge on any atom is -0.296 e. The van der Waals surface area contributed by atoms with Crippen molar-refractivity contribution >= 4 is 8.07 Å². The van der Waals surface area contributed by atoms with Crippen molar-refractivity contribution in [2.24, 2.45) is 0 Å². The molecule has 0 amide bonds. The Morgan fingerprint density at radius 2 is 1.67 bits per heavy atom. The number of hydrogen-bond donors (Lipinski definition) is 1. The zero-order valence-electron chi connectivity index (χ0n) is 6.78. The average molecular weight is 147 g/mol. The van der Waals surface area contributed by atoms with Gasteiger partial charge >= 0.3 is 0 Å². The molecule has 0 atom stereocenters. The van der Waals surface area contributed by atoms with E-state index in [-0.39, 0.29) is 8.07 Å². The monoisotopic (exact) mass is 147 g/mol. The number of nitrogens with one attached hydrogen (secondary N) is 1. The molecule has 0 rings (SSSR count). The van der Waals surface area contributed by atoms with E-state index in [4.69, 9.17) is 0 Å². The second-order valence-corrected chi connectivity index (χ2v) is 4.74. The summed E-state index contributed by atoms with van der Waals surface area (Å²) < 4.78 is 0. The maximum atomic E-state index is 3.53. The smallest absolute Gasteiger partial charge is 0.00126 e. The lowest BCUT2D eigenvalue weighted by molar-refractivity contribution is 0.864. The molecule has 0 fully saturated rings. The largest absolute Gasteiger partial charge is 0.296 e. The van der Waals surface area contributed by atoms with Gasteiger partial charge in [0.1, 0.15) is 0 Å². The van der Waals surface area contributed by atoms with Gasteiger partial charge in [0.15, 0.2) is 0 Å². The molecule has 0 heterocycles.